The lowest BCUT2D eigenvalue weighted by Crippen LogP contribution is -2.38. The molecule has 0 spiro atoms. The highest BCUT2D eigenvalue weighted by Crippen LogP contribution is 2.57. The number of nitriles is 1. The Morgan fingerprint density at radius 1 is 1.30 bits per heavy atom. The standard InChI is InChI=1S/C17H15F3N4O2S/c1-9-14(17(18,19)20)22-16(26)24(15(9)25)10-4-5-13-11(8-10)12(6-7-21)23-27(13,2)3/h4-5,8H,6H2,1-3H3,(H,22,26). The van der Waals surface area contributed by atoms with Crippen molar-refractivity contribution in [3.63, 3.8) is 0 Å². The molecule has 0 unspecified atom stereocenters. The Bertz CT molecular complexity index is 1140. The van der Waals surface area contributed by atoms with Gasteiger partial charge in [0.05, 0.1) is 23.9 Å². The minimum absolute atomic E-state index is 0.0597. The van der Waals surface area contributed by atoms with Gasteiger partial charge in [0.15, 0.2) is 0 Å². The number of rotatable bonds is 2. The van der Waals surface area contributed by atoms with E-state index in [4.69, 9.17) is 5.26 Å². The minimum atomic E-state index is -4.83. The maximum absolute atomic E-state index is 13.0. The van der Waals surface area contributed by atoms with Crippen molar-refractivity contribution in [1.29, 1.82) is 5.26 Å². The Hall–Kier alpha value is -2.80. The van der Waals surface area contributed by atoms with Gasteiger partial charge in [0.2, 0.25) is 0 Å². The smallest absolute Gasteiger partial charge is 0.302 e. The molecule has 6 nitrogen and oxygen atoms in total. The van der Waals surface area contributed by atoms with E-state index < -0.39 is 38.9 Å². The predicted molar refractivity (Wildman–Crippen MR) is 96.9 cm³/mol. The molecule has 27 heavy (non-hydrogen) atoms. The monoisotopic (exact) mass is 396 g/mol. The van der Waals surface area contributed by atoms with Gasteiger partial charge in [-0.2, -0.15) is 18.4 Å². The Morgan fingerprint density at radius 3 is 2.56 bits per heavy atom. The van der Waals surface area contributed by atoms with Crippen LogP contribution >= 0.6 is 10.2 Å². The molecule has 1 aromatic carbocycles. The molecule has 0 atom stereocenters. The molecule has 0 bridgehead atoms. The van der Waals surface area contributed by atoms with Crippen LogP contribution in [-0.4, -0.2) is 27.8 Å². The topological polar surface area (TPSA) is 91.0 Å². The minimum Gasteiger partial charge on any atom is -0.302 e. The summed E-state index contributed by atoms with van der Waals surface area (Å²) in [6.07, 6.45) is -0.891. The fourth-order valence-electron chi connectivity index (χ4n) is 3.04. The Morgan fingerprint density at radius 2 is 1.96 bits per heavy atom. The molecule has 2 heterocycles. The van der Waals surface area contributed by atoms with Crippen molar-refractivity contribution in [3.8, 4) is 11.8 Å². The van der Waals surface area contributed by atoms with E-state index in [1.807, 2.05) is 18.6 Å². The lowest BCUT2D eigenvalue weighted by atomic mass is 10.1. The number of aromatic amines is 1. The molecule has 1 aliphatic rings. The number of nitrogens with zero attached hydrogens (tertiary/aromatic N) is 3. The van der Waals surface area contributed by atoms with Crippen LogP contribution in [0, 0.1) is 18.3 Å². The summed E-state index contributed by atoms with van der Waals surface area (Å²) in [6, 6.07) is 6.75. The number of alkyl halides is 3. The fourth-order valence-corrected chi connectivity index (χ4v) is 4.96. The van der Waals surface area contributed by atoms with E-state index in [0.29, 0.717) is 15.8 Å². The van der Waals surface area contributed by atoms with E-state index in [2.05, 4.69) is 4.40 Å². The van der Waals surface area contributed by atoms with E-state index in [9.17, 15) is 22.8 Å². The molecule has 0 saturated heterocycles. The molecule has 142 valence electrons. The van der Waals surface area contributed by atoms with Crippen LogP contribution in [0.4, 0.5) is 13.2 Å². The molecule has 0 amide bonds. The van der Waals surface area contributed by atoms with E-state index in [1.165, 1.54) is 12.1 Å². The predicted octanol–water partition coefficient (Wildman–Crippen LogP) is 2.91. The van der Waals surface area contributed by atoms with Gasteiger partial charge in [0, 0.05) is 16.0 Å². The maximum atomic E-state index is 13.0. The molecule has 1 aromatic heterocycles. The summed E-state index contributed by atoms with van der Waals surface area (Å²) in [6.45, 7) is 1.01. The van der Waals surface area contributed by atoms with Crippen molar-refractivity contribution >= 4 is 15.9 Å². The molecule has 0 aliphatic carbocycles. The molecular formula is C17H15F3N4O2S. The average molecular weight is 396 g/mol. The quantitative estimate of drug-likeness (QED) is 0.846. The van der Waals surface area contributed by atoms with Gasteiger partial charge in [-0.05, 0) is 37.6 Å². The van der Waals surface area contributed by atoms with Gasteiger partial charge in [-0.15, -0.1) is 10.2 Å². The van der Waals surface area contributed by atoms with Crippen molar-refractivity contribution in [1.82, 2.24) is 9.55 Å². The second-order valence-electron chi connectivity index (χ2n) is 6.39. The van der Waals surface area contributed by atoms with Crippen LogP contribution in [0.3, 0.4) is 0 Å². The van der Waals surface area contributed by atoms with Crippen LogP contribution in [0.15, 0.2) is 37.1 Å². The van der Waals surface area contributed by atoms with Crippen molar-refractivity contribution in [2.75, 3.05) is 12.5 Å². The summed E-state index contributed by atoms with van der Waals surface area (Å²) >= 11 is 0. The summed E-state index contributed by atoms with van der Waals surface area (Å²) in [7, 11) is -1.52. The summed E-state index contributed by atoms with van der Waals surface area (Å²) in [5.41, 5.74) is -2.87. The number of halogens is 3. The van der Waals surface area contributed by atoms with Crippen LogP contribution in [0.2, 0.25) is 0 Å². The first-order valence-electron chi connectivity index (χ1n) is 7.74. The SMILES string of the molecule is Cc1c(C(F)(F)F)[nH]c(=O)n(-c2ccc3c(c2)C(CC#N)=NS3(C)C)c1=O. The van der Waals surface area contributed by atoms with Crippen LogP contribution in [-0.2, 0) is 6.18 Å². The molecule has 2 aromatic rings. The Balaban J connectivity index is 2.24. The van der Waals surface area contributed by atoms with Gasteiger partial charge >= 0.3 is 11.9 Å². The first-order valence-corrected chi connectivity index (χ1v) is 10.1. The van der Waals surface area contributed by atoms with Gasteiger partial charge < -0.3 is 4.98 Å². The van der Waals surface area contributed by atoms with Gasteiger partial charge in [0.25, 0.3) is 5.56 Å². The van der Waals surface area contributed by atoms with Crippen LogP contribution in [0.1, 0.15) is 23.2 Å². The van der Waals surface area contributed by atoms with Gasteiger partial charge in [-0.3, -0.25) is 4.79 Å². The third-order valence-electron chi connectivity index (χ3n) is 4.27. The summed E-state index contributed by atoms with van der Waals surface area (Å²) in [4.78, 5) is 27.3. The highest BCUT2D eigenvalue weighted by atomic mass is 32.3. The van der Waals surface area contributed by atoms with Crippen LogP contribution < -0.4 is 11.2 Å². The second-order valence-corrected chi connectivity index (χ2v) is 9.56. The molecule has 3 rings (SSSR count). The number of benzene rings is 1. The maximum Gasteiger partial charge on any atom is 0.431 e. The molecule has 1 N–H and O–H groups in total. The zero-order chi connectivity index (χ0) is 20.1. The van der Waals surface area contributed by atoms with Crippen molar-refractivity contribution < 1.29 is 13.2 Å². The fraction of sp³-hybridized carbons (Fsp3) is 0.294. The van der Waals surface area contributed by atoms with Crippen LogP contribution in [0.5, 0.6) is 0 Å². The third-order valence-corrected chi connectivity index (χ3v) is 6.38. The van der Waals surface area contributed by atoms with E-state index >= 15 is 0 Å². The first kappa shape index (κ1) is 19.0. The van der Waals surface area contributed by atoms with Gasteiger partial charge in [0.1, 0.15) is 5.69 Å². The highest BCUT2D eigenvalue weighted by molar-refractivity contribution is 8.32. The molecule has 1 aliphatic heterocycles. The van der Waals surface area contributed by atoms with Gasteiger partial charge in [-0.25, -0.2) is 13.8 Å². The molecular weight excluding hydrogens is 381 g/mol. The van der Waals surface area contributed by atoms with Crippen molar-refractivity contribution in [2.24, 2.45) is 4.40 Å². The molecule has 10 heteroatoms. The number of hydrogen-bond acceptors (Lipinski definition) is 4. The molecule has 0 radical (unpaired) electrons. The Labute approximate surface area is 153 Å². The number of hydrogen-bond donors (Lipinski definition) is 1. The van der Waals surface area contributed by atoms with Crippen LogP contribution in [0.25, 0.3) is 5.69 Å². The summed E-state index contributed by atoms with van der Waals surface area (Å²) in [5, 5.41) is 9.00. The lowest BCUT2D eigenvalue weighted by molar-refractivity contribution is -0.142. The lowest BCUT2D eigenvalue weighted by Gasteiger charge is -2.22. The molecule has 0 fully saturated rings. The van der Waals surface area contributed by atoms with Crippen molar-refractivity contribution in [2.45, 2.75) is 24.4 Å². The van der Waals surface area contributed by atoms with E-state index in [1.54, 1.807) is 11.1 Å². The first-order chi connectivity index (χ1) is 12.5. The van der Waals surface area contributed by atoms with E-state index in [0.717, 1.165) is 11.8 Å². The third kappa shape index (κ3) is 3.08. The number of fused-ring (bicyclic) bond motifs is 1. The normalized spacial score (nSPS) is 16.4. The average Bonchev–Trinajstić information content (AvgIpc) is 2.81. The van der Waals surface area contributed by atoms with Gasteiger partial charge in [-0.1, -0.05) is 0 Å². The summed E-state index contributed by atoms with van der Waals surface area (Å²) < 4.78 is 44.2. The zero-order valence-corrected chi connectivity index (χ0v) is 15.5. The number of nitrogens with one attached hydrogen (secondary N) is 1. The largest absolute Gasteiger partial charge is 0.431 e. The zero-order valence-electron chi connectivity index (χ0n) is 14.6. The number of H-pyrrole nitrogens is 1. The second kappa shape index (κ2) is 6.13. The molecule has 0 saturated carbocycles. The number of aromatic nitrogens is 2. The Kier molecular flexibility index (Phi) is 4.31. The highest BCUT2D eigenvalue weighted by Gasteiger charge is 2.36. The summed E-state index contributed by atoms with van der Waals surface area (Å²) in [5.74, 6) is 0. The van der Waals surface area contributed by atoms with E-state index in [-0.39, 0.29) is 12.1 Å². The van der Waals surface area contributed by atoms with Crippen molar-refractivity contribution in [3.05, 3.63) is 55.9 Å².